The number of amides is 3. The molecule has 0 spiro atoms. The fourth-order valence-corrected chi connectivity index (χ4v) is 4.88. The summed E-state index contributed by atoms with van der Waals surface area (Å²) in [5, 5.41) is 9.28. The molecular weight excluding hydrogens is 346 g/mol. The van der Waals surface area contributed by atoms with Crippen LogP contribution in [0.3, 0.4) is 0 Å². The first-order valence-corrected chi connectivity index (χ1v) is 9.25. The van der Waals surface area contributed by atoms with E-state index in [1.807, 2.05) is 22.6 Å². The molecule has 1 saturated heterocycles. The molecule has 9 heteroatoms. The van der Waals surface area contributed by atoms with Gasteiger partial charge >= 0.3 is 6.03 Å². The summed E-state index contributed by atoms with van der Waals surface area (Å²) in [6, 6.07) is 7.70. The Balaban J connectivity index is 1.59. The third kappa shape index (κ3) is 2.35. The van der Waals surface area contributed by atoms with Crippen LogP contribution in [0.25, 0.3) is 15.2 Å². The maximum atomic E-state index is 12.0. The number of hydrogen-bond acceptors (Lipinski definition) is 6. The molecule has 4 rings (SSSR count). The van der Waals surface area contributed by atoms with Crippen molar-refractivity contribution in [1.82, 2.24) is 24.4 Å². The summed E-state index contributed by atoms with van der Waals surface area (Å²) in [6.45, 7) is 0. The number of hydrogen-bond donors (Lipinski definition) is 0. The summed E-state index contributed by atoms with van der Waals surface area (Å²) >= 11 is 3.12. The zero-order valence-electron chi connectivity index (χ0n) is 13.2. The first-order chi connectivity index (χ1) is 11.6. The van der Waals surface area contributed by atoms with E-state index < -0.39 is 0 Å². The molecule has 1 unspecified atom stereocenters. The number of fused-ring (bicyclic) bond motifs is 3. The van der Waals surface area contributed by atoms with Crippen LogP contribution in [-0.4, -0.2) is 62.2 Å². The van der Waals surface area contributed by atoms with Gasteiger partial charge in [-0.2, -0.15) is 0 Å². The molecule has 1 fully saturated rings. The Morgan fingerprint density at radius 1 is 1.25 bits per heavy atom. The molecule has 24 heavy (non-hydrogen) atoms. The van der Waals surface area contributed by atoms with Crippen LogP contribution < -0.4 is 0 Å². The number of carbonyl (C=O) groups is 2. The van der Waals surface area contributed by atoms with E-state index in [-0.39, 0.29) is 18.0 Å². The SMILES string of the molecule is CN1C(=O)CC(CSc2nnc3sc4ccccc4n23)N(C)C1=O. The molecule has 0 bridgehead atoms. The van der Waals surface area contributed by atoms with Crippen LogP contribution >= 0.6 is 23.1 Å². The Kier molecular flexibility index (Phi) is 3.69. The highest BCUT2D eigenvalue weighted by Crippen LogP contribution is 2.30. The number of aromatic nitrogens is 3. The molecule has 7 nitrogen and oxygen atoms in total. The van der Waals surface area contributed by atoms with Gasteiger partial charge in [0.05, 0.1) is 16.3 Å². The molecule has 1 aliphatic rings. The van der Waals surface area contributed by atoms with Gasteiger partial charge in [-0.05, 0) is 12.1 Å². The summed E-state index contributed by atoms with van der Waals surface area (Å²) < 4.78 is 3.19. The Hall–Kier alpha value is -2.13. The highest BCUT2D eigenvalue weighted by Gasteiger charge is 2.34. The number of thioether (sulfide) groups is 1. The van der Waals surface area contributed by atoms with Crippen molar-refractivity contribution in [3.05, 3.63) is 24.3 Å². The molecule has 124 valence electrons. The minimum Gasteiger partial charge on any atom is -0.323 e. The largest absolute Gasteiger partial charge is 0.326 e. The van der Waals surface area contributed by atoms with Gasteiger partial charge in [0.1, 0.15) is 0 Å². The third-order valence-corrected chi connectivity index (χ3v) is 6.32. The smallest absolute Gasteiger partial charge is 0.323 e. The molecule has 1 aliphatic heterocycles. The monoisotopic (exact) mass is 361 g/mol. The summed E-state index contributed by atoms with van der Waals surface area (Å²) in [5.41, 5.74) is 1.08. The summed E-state index contributed by atoms with van der Waals surface area (Å²) in [7, 11) is 3.25. The predicted octanol–water partition coefficient (Wildman–Crippen LogP) is 2.32. The summed E-state index contributed by atoms with van der Waals surface area (Å²) in [5.74, 6) is 0.461. The first-order valence-electron chi connectivity index (χ1n) is 7.45. The van der Waals surface area contributed by atoms with E-state index in [1.165, 1.54) is 23.7 Å². The Morgan fingerprint density at radius 3 is 2.88 bits per heavy atom. The zero-order chi connectivity index (χ0) is 16.8. The molecule has 1 aromatic carbocycles. The van der Waals surface area contributed by atoms with Crippen molar-refractivity contribution in [3.8, 4) is 0 Å². The molecule has 1 atom stereocenters. The van der Waals surface area contributed by atoms with Crippen LogP contribution in [0.4, 0.5) is 4.79 Å². The minimum atomic E-state index is -0.260. The van der Waals surface area contributed by atoms with Gasteiger partial charge in [0.25, 0.3) is 0 Å². The summed E-state index contributed by atoms with van der Waals surface area (Å²) in [6.07, 6.45) is 0.331. The number of carbonyl (C=O) groups excluding carboxylic acids is 2. The molecule has 0 saturated carbocycles. The maximum Gasteiger partial charge on any atom is 0.326 e. The van der Waals surface area contributed by atoms with Crippen LogP contribution in [0.5, 0.6) is 0 Å². The number of benzene rings is 1. The van der Waals surface area contributed by atoms with Crippen molar-refractivity contribution in [2.24, 2.45) is 0 Å². The molecule has 3 aromatic rings. The molecule has 0 N–H and O–H groups in total. The van der Waals surface area contributed by atoms with Crippen molar-refractivity contribution >= 4 is 50.2 Å². The van der Waals surface area contributed by atoms with Gasteiger partial charge in [-0.25, -0.2) is 4.79 Å². The Labute approximate surface area is 146 Å². The Bertz CT molecular complexity index is 950. The molecule has 3 heterocycles. The van der Waals surface area contributed by atoms with Crippen molar-refractivity contribution in [1.29, 1.82) is 0 Å². The fraction of sp³-hybridized carbons (Fsp3) is 0.333. The zero-order valence-corrected chi connectivity index (χ0v) is 14.8. The number of nitrogens with zero attached hydrogens (tertiary/aromatic N) is 5. The standard InChI is InChI=1S/C15H15N5O2S2/c1-18-9(7-12(21)19(2)15(18)22)8-23-13-16-17-14-20(13)10-5-3-4-6-11(10)24-14/h3-6,9H,7-8H2,1-2H3. The first kappa shape index (κ1) is 15.4. The van der Waals surface area contributed by atoms with Gasteiger partial charge in [-0.15, -0.1) is 10.2 Å². The van der Waals surface area contributed by atoms with Gasteiger partial charge in [0, 0.05) is 26.3 Å². The van der Waals surface area contributed by atoms with Crippen molar-refractivity contribution < 1.29 is 9.59 Å². The second-order valence-electron chi connectivity index (χ2n) is 5.69. The van der Waals surface area contributed by atoms with Gasteiger partial charge in [0.15, 0.2) is 5.16 Å². The average molecular weight is 361 g/mol. The topological polar surface area (TPSA) is 70.8 Å². The number of urea groups is 1. The second-order valence-corrected chi connectivity index (χ2v) is 7.68. The van der Waals surface area contributed by atoms with Crippen molar-refractivity contribution in [3.63, 3.8) is 0 Å². The number of imide groups is 1. The molecule has 0 radical (unpaired) electrons. The van der Waals surface area contributed by atoms with Crippen LogP contribution in [0.1, 0.15) is 6.42 Å². The van der Waals surface area contributed by atoms with E-state index in [9.17, 15) is 9.59 Å². The van der Waals surface area contributed by atoms with Crippen LogP contribution in [0.15, 0.2) is 29.4 Å². The number of thiazole rings is 1. The quantitative estimate of drug-likeness (QED) is 0.670. The molecule has 0 aliphatic carbocycles. The average Bonchev–Trinajstić information content (AvgIpc) is 3.14. The van der Waals surface area contributed by atoms with E-state index in [1.54, 1.807) is 23.3 Å². The molecular formula is C15H15N5O2S2. The normalized spacial score (nSPS) is 19.0. The van der Waals surface area contributed by atoms with Crippen molar-refractivity contribution in [2.75, 3.05) is 19.8 Å². The lowest BCUT2D eigenvalue weighted by Gasteiger charge is -2.35. The van der Waals surface area contributed by atoms with E-state index >= 15 is 0 Å². The minimum absolute atomic E-state index is 0.136. The van der Waals surface area contributed by atoms with Gasteiger partial charge in [-0.1, -0.05) is 35.2 Å². The predicted molar refractivity (Wildman–Crippen MR) is 93.4 cm³/mol. The highest BCUT2D eigenvalue weighted by molar-refractivity contribution is 7.99. The number of rotatable bonds is 3. The maximum absolute atomic E-state index is 12.0. The van der Waals surface area contributed by atoms with E-state index in [2.05, 4.69) is 16.3 Å². The van der Waals surface area contributed by atoms with Crippen LogP contribution in [-0.2, 0) is 4.79 Å². The lowest BCUT2D eigenvalue weighted by molar-refractivity contribution is -0.130. The highest BCUT2D eigenvalue weighted by atomic mass is 32.2. The Morgan fingerprint density at radius 2 is 2.04 bits per heavy atom. The van der Waals surface area contributed by atoms with E-state index in [0.717, 1.165) is 20.3 Å². The fourth-order valence-electron chi connectivity index (χ4n) is 2.77. The molecule has 3 amide bonds. The van der Waals surface area contributed by atoms with E-state index in [4.69, 9.17) is 0 Å². The lowest BCUT2D eigenvalue weighted by atomic mass is 10.1. The summed E-state index contributed by atoms with van der Waals surface area (Å²) in [4.78, 5) is 27.6. The van der Waals surface area contributed by atoms with Crippen LogP contribution in [0, 0.1) is 0 Å². The number of para-hydroxylation sites is 1. The third-order valence-electron chi connectivity index (χ3n) is 4.24. The second kappa shape index (κ2) is 5.75. The van der Waals surface area contributed by atoms with Gasteiger partial charge in [0.2, 0.25) is 10.9 Å². The van der Waals surface area contributed by atoms with Crippen molar-refractivity contribution in [2.45, 2.75) is 17.6 Å². The lowest BCUT2D eigenvalue weighted by Crippen LogP contribution is -2.54. The van der Waals surface area contributed by atoms with Gasteiger partial charge < -0.3 is 4.90 Å². The molecule has 2 aromatic heterocycles. The van der Waals surface area contributed by atoms with Gasteiger partial charge in [-0.3, -0.25) is 14.1 Å². The van der Waals surface area contributed by atoms with Crippen LogP contribution in [0.2, 0.25) is 0 Å². The van der Waals surface area contributed by atoms with E-state index in [0.29, 0.717) is 12.2 Å².